The number of sulfonamides is 1. The third-order valence-corrected chi connectivity index (χ3v) is 5.01. The Bertz CT molecular complexity index is 600. The number of non-ortho nitro benzene ring substituents is 1. The number of hydrogen-bond acceptors (Lipinski definition) is 5. The summed E-state index contributed by atoms with van der Waals surface area (Å²) in [6.45, 7) is 5.52. The Morgan fingerprint density at radius 2 is 2.05 bits per heavy atom. The standard InChI is InChI=1S/C12H19N3O4S/c1-9(2)12(3,8-13)14-20(18,19)11-6-4-5-10(7-11)15(16)17/h4-7,9,14H,8,13H2,1-3H3/t12-/m1/s1. The van der Waals surface area contributed by atoms with Gasteiger partial charge >= 0.3 is 0 Å². The first-order valence-electron chi connectivity index (χ1n) is 6.11. The minimum Gasteiger partial charge on any atom is -0.329 e. The lowest BCUT2D eigenvalue weighted by atomic mass is 9.90. The SMILES string of the molecule is CC(C)[C@@](C)(CN)NS(=O)(=O)c1cccc([N+](=O)[O-])c1. The van der Waals surface area contributed by atoms with E-state index >= 15 is 0 Å². The molecule has 8 heteroatoms. The van der Waals surface area contributed by atoms with Crippen molar-refractivity contribution in [3.63, 3.8) is 0 Å². The fraction of sp³-hybridized carbons (Fsp3) is 0.500. The quantitative estimate of drug-likeness (QED) is 0.606. The van der Waals surface area contributed by atoms with Gasteiger partial charge in [-0.3, -0.25) is 10.1 Å². The minimum absolute atomic E-state index is 0.0269. The maximum absolute atomic E-state index is 12.3. The molecule has 7 nitrogen and oxygen atoms in total. The molecule has 0 aliphatic rings. The molecular weight excluding hydrogens is 282 g/mol. The molecule has 0 heterocycles. The first-order valence-corrected chi connectivity index (χ1v) is 7.59. The van der Waals surface area contributed by atoms with Crippen LogP contribution >= 0.6 is 0 Å². The van der Waals surface area contributed by atoms with Crippen LogP contribution in [0.2, 0.25) is 0 Å². The van der Waals surface area contributed by atoms with Crippen LogP contribution in [0.4, 0.5) is 5.69 Å². The number of rotatable bonds is 6. The Kier molecular flexibility index (Phi) is 4.85. The van der Waals surface area contributed by atoms with E-state index in [-0.39, 0.29) is 23.0 Å². The average Bonchev–Trinajstić information content (AvgIpc) is 2.38. The van der Waals surface area contributed by atoms with Crippen molar-refractivity contribution in [3.05, 3.63) is 34.4 Å². The van der Waals surface area contributed by atoms with Gasteiger partial charge in [0.1, 0.15) is 0 Å². The average molecular weight is 301 g/mol. The van der Waals surface area contributed by atoms with E-state index in [1.807, 2.05) is 13.8 Å². The molecule has 0 aliphatic carbocycles. The number of benzene rings is 1. The highest BCUT2D eigenvalue weighted by Gasteiger charge is 2.32. The van der Waals surface area contributed by atoms with Crippen LogP contribution in [0.5, 0.6) is 0 Å². The number of nitrogens with two attached hydrogens (primary N) is 1. The van der Waals surface area contributed by atoms with E-state index in [1.54, 1.807) is 6.92 Å². The molecule has 0 fully saturated rings. The summed E-state index contributed by atoms with van der Waals surface area (Å²) in [5.74, 6) is -0.0269. The second-order valence-corrected chi connectivity index (χ2v) is 6.82. The molecule has 0 unspecified atom stereocenters. The molecule has 1 aromatic carbocycles. The largest absolute Gasteiger partial charge is 0.329 e. The van der Waals surface area contributed by atoms with E-state index in [2.05, 4.69) is 4.72 Å². The number of nitrogens with zero attached hydrogens (tertiary/aromatic N) is 1. The summed E-state index contributed by atoms with van der Waals surface area (Å²) in [6, 6.07) is 4.91. The van der Waals surface area contributed by atoms with Gasteiger partial charge in [0.25, 0.3) is 5.69 Å². The molecule has 1 rings (SSSR count). The van der Waals surface area contributed by atoms with Crippen LogP contribution < -0.4 is 10.5 Å². The van der Waals surface area contributed by atoms with Crippen LogP contribution in [-0.2, 0) is 10.0 Å². The second kappa shape index (κ2) is 5.86. The lowest BCUT2D eigenvalue weighted by molar-refractivity contribution is -0.385. The van der Waals surface area contributed by atoms with Crippen LogP contribution in [0.15, 0.2) is 29.2 Å². The van der Waals surface area contributed by atoms with Gasteiger partial charge in [0.05, 0.1) is 9.82 Å². The summed E-state index contributed by atoms with van der Waals surface area (Å²) in [5.41, 5.74) is 4.55. The lowest BCUT2D eigenvalue weighted by Gasteiger charge is -2.33. The number of nitrogens with one attached hydrogen (secondary N) is 1. The van der Waals surface area contributed by atoms with Crippen molar-refractivity contribution in [1.29, 1.82) is 0 Å². The number of hydrogen-bond donors (Lipinski definition) is 2. The van der Waals surface area contributed by atoms with Crippen molar-refractivity contribution in [1.82, 2.24) is 4.72 Å². The molecule has 0 radical (unpaired) electrons. The van der Waals surface area contributed by atoms with Crippen LogP contribution in [0.25, 0.3) is 0 Å². The summed E-state index contributed by atoms with van der Waals surface area (Å²) >= 11 is 0. The van der Waals surface area contributed by atoms with Gasteiger partial charge in [-0.1, -0.05) is 19.9 Å². The Morgan fingerprint density at radius 3 is 2.50 bits per heavy atom. The zero-order chi connectivity index (χ0) is 15.6. The molecule has 1 atom stereocenters. The predicted molar refractivity (Wildman–Crippen MR) is 75.7 cm³/mol. The Hall–Kier alpha value is -1.51. The third kappa shape index (κ3) is 3.53. The van der Waals surface area contributed by atoms with E-state index in [4.69, 9.17) is 5.73 Å². The summed E-state index contributed by atoms with van der Waals surface area (Å²) < 4.78 is 27.1. The van der Waals surface area contributed by atoms with E-state index in [9.17, 15) is 18.5 Å². The van der Waals surface area contributed by atoms with Gasteiger partial charge in [0.2, 0.25) is 10.0 Å². The van der Waals surface area contributed by atoms with Crippen LogP contribution in [0.1, 0.15) is 20.8 Å². The molecule has 3 N–H and O–H groups in total. The fourth-order valence-electron chi connectivity index (χ4n) is 1.53. The molecule has 0 saturated heterocycles. The highest BCUT2D eigenvalue weighted by atomic mass is 32.2. The van der Waals surface area contributed by atoms with Crippen molar-refractivity contribution in [2.45, 2.75) is 31.2 Å². The van der Waals surface area contributed by atoms with Gasteiger partial charge in [-0.15, -0.1) is 0 Å². The second-order valence-electron chi connectivity index (χ2n) is 5.14. The Morgan fingerprint density at radius 1 is 1.45 bits per heavy atom. The summed E-state index contributed by atoms with van der Waals surface area (Å²) in [5, 5.41) is 10.7. The lowest BCUT2D eigenvalue weighted by Crippen LogP contribution is -2.54. The first kappa shape index (κ1) is 16.5. The first-order chi connectivity index (χ1) is 9.12. The maximum Gasteiger partial charge on any atom is 0.270 e. The molecule has 20 heavy (non-hydrogen) atoms. The summed E-state index contributed by atoms with van der Waals surface area (Å²) in [4.78, 5) is 9.92. The Balaban J connectivity index is 3.18. The van der Waals surface area contributed by atoms with Crippen LogP contribution in [0, 0.1) is 16.0 Å². The normalized spacial score (nSPS) is 15.1. The predicted octanol–water partition coefficient (Wildman–Crippen LogP) is 1.25. The van der Waals surface area contributed by atoms with Crippen molar-refractivity contribution >= 4 is 15.7 Å². The highest BCUT2D eigenvalue weighted by molar-refractivity contribution is 7.89. The summed E-state index contributed by atoms with van der Waals surface area (Å²) in [7, 11) is -3.87. The van der Waals surface area contributed by atoms with E-state index in [1.165, 1.54) is 18.2 Å². The molecule has 0 aliphatic heterocycles. The van der Waals surface area contributed by atoms with Gasteiger partial charge < -0.3 is 5.73 Å². The van der Waals surface area contributed by atoms with Crippen molar-refractivity contribution in [3.8, 4) is 0 Å². The molecule has 1 aromatic rings. The van der Waals surface area contributed by atoms with E-state index in [0.717, 1.165) is 6.07 Å². The van der Waals surface area contributed by atoms with Gasteiger partial charge in [-0.25, -0.2) is 13.1 Å². The molecule has 0 aromatic heterocycles. The molecular formula is C12H19N3O4S. The number of nitro groups is 1. The highest BCUT2D eigenvalue weighted by Crippen LogP contribution is 2.22. The van der Waals surface area contributed by atoms with Gasteiger partial charge in [0, 0.05) is 24.2 Å². The van der Waals surface area contributed by atoms with Crippen molar-refractivity contribution < 1.29 is 13.3 Å². The van der Waals surface area contributed by atoms with Gasteiger partial charge in [-0.05, 0) is 18.9 Å². The molecule has 0 saturated carbocycles. The zero-order valence-electron chi connectivity index (χ0n) is 11.7. The van der Waals surface area contributed by atoms with Crippen LogP contribution in [-0.4, -0.2) is 25.4 Å². The maximum atomic E-state index is 12.3. The van der Waals surface area contributed by atoms with Crippen molar-refractivity contribution in [2.75, 3.05) is 6.54 Å². The number of nitro benzene ring substituents is 1. The monoisotopic (exact) mass is 301 g/mol. The van der Waals surface area contributed by atoms with Gasteiger partial charge in [0.15, 0.2) is 0 Å². The minimum atomic E-state index is -3.87. The molecule has 0 amide bonds. The Labute approximate surface area is 118 Å². The molecule has 0 spiro atoms. The van der Waals surface area contributed by atoms with E-state index in [0.29, 0.717) is 0 Å². The zero-order valence-corrected chi connectivity index (χ0v) is 12.5. The van der Waals surface area contributed by atoms with Crippen molar-refractivity contribution in [2.24, 2.45) is 11.7 Å². The molecule has 112 valence electrons. The van der Waals surface area contributed by atoms with Crippen LogP contribution in [0.3, 0.4) is 0 Å². The topological polar surface area (TPSA) is 115 Å². The molecule has 0 bridgehead atoms. The van der Waals surface area contributed by atoms with E-state index < -0.39 is 20.5 Å². The smallest absolute Gasteiger partial charge is 0.270 e. The van der Waals surface area contributed by atoms with Gasteiger partial charge in [-0.2, -0.15) is 0 Å². The summed E-state index contributed by atoms with van der Waals surface area (Å²) in [6.07, 6.45) is 0. The fourth-order valence-corrected chi connectivity index (χ4v) is 3.11. The third-order valence-electron chi connectivity index (χ3n) is 3.40.